The SMILES string of the molecule is C=C1C[C@@H]2C[C@@H](OC(=O)CNC(=O)OC(C)(C)C)C(=O)[C@@H]2C1. The van der Waals surface area contributed by atoms with E-state index in [2.05, 4.69) is 11.9 Å². The van der Waals surface area contributed by atoms with Gasteiger partial charge in [-0.25, -0.2) is 4.79 Å². The normalized spacial score (nSPS) is 27.5. The summed E-state index contributed by atoms with van der Waals surface area (Å²) < 4.78 is 10.2. The molecule has 2 fully saturated rings. The number of nitrogens with one attached hydrogen (secondary N) is 1. The lowest BCUT2D eigenvalue weighted by atomic mass is 10.0. The van der Waals surface area contributed by atoms with Gasteiger partial charge in [0.2, 0.25) is 0 Å². The van der Waals surface area contributed by atoms with Crippen LogP contribution in [0.2, 0.25) is 0 Å². The van der Waals surface area contributed by atoms with Crippen LogP contribution in [0.15, 0.2) is 12.2 Å². The highest BCUT2D eigenvalue weighted by Gasteiger charge is 2.47. The summed E-state index contributed by atoms with van der Waals surface area (Å²) in [7, 11) is 0. The third kappa shape index (κ3) is 4.08. The van der Waals surface area contributed by atoms with Crippen LogP contribution in [0.5, 0.6) is 0 Å². The summed E-state index contributed by atoms with van der Waals surface area (Å²) in [5, 5.41) is 2.32. The van der Waals surface area contributed by atoms with E-state index >= 15 is 0 Å². The third-order valence-corrected chi connectivity index (χ3v) is 3.88. The zero-order valence-corrected chi connectivity index (χ0v) is 13.3. The molecule has 2 aliphatic carbocycles. The van der Waals surface area contributed by atoms with Crippen molar-refractivity contribution in [2.24, 2.45) is 11.8 Å². The Balaban J connectivity index is 1.75. The molecular formula is C16H23NO5. The topological polar surface area (TPSA) is 81.7 Å². The lowest BCUT2D eigenvalue weighted by Gasteiger charge is -2.19. The van der Waals surface area contributed by atoms with Gasteiger partial charge in [-0.2, -0.15) is 0 Å². The molecule has 0 aromatic carbocycles. The molecule has 0 unspecified atom stereocenters. The summed E-state index contributed by atoms with van der Waals surface area (Å²) in [5.74, 6) is -0.446. The smallest absolute Gasteiger partial charge is 0.408 e. The maximum Gasteiger partial charge on any atom is 0.408 e. The predicted molar refractivity (Wildman–Crippen MR) is 79.1 cm³/mol. The molecule has 0 saturated heterocycles. The van der Waals surface area contributed by atoms with Crippen molar-refractivity contribution < 1.29 is 23.9 Å². The first-order chi connectivity index (χ1) is 10.2. The Morgan fingerprint density at radius 2 is 2.00 bits per heavy atom. The van der Waals surface area contributed by atoms with Gasteiger partial charge in [0.1, 0.15) is 12.1 Å². The van der Waals surface area contributed by atoms with Crippen molar-refractivity contribution in [1.82, 2.24) is 5.32 Å². The molecule has 0 bridgehead atoms. The zero-order valence-electron chi connectivity index (χ0n) is 13.3. The van der Waals surface area contributed by atoms with Crippen LogP contribution in [-0.4, -0.2) is 36.1 Å². The molecule has 0 radical (unpaired) electrons. The second-order valence-electron chi connectivity index (χ2n) is 7.00. The number of ketones is 1. The lowest BCUT2D eigenvalue weighted by molar-refractivity contribution is -0.153. The first-order valence-corrected chi connectivity index (χ1v) is 7.52. The molecule has 2 aliphatic rings. The molecule has 0 aliphatic heterocycles. The van der Waals surface area contributed by atoms with Gasteiger partial charge in [0.05, 0.1) is 0 Å². The number of carbonyl (C=O) groups excluding carboxylic acids is 3. The van der Waals surface area contributed by atoms with Crippen LogP contribution in [0.1, 0.15) is 40.0 Å². The number of alkyl carbamates (subject to hydrolysis) is 1. The number of hydrogen-bond donors (Lipinski definition) is 1. The maximum atomic E-state index is 12.2. The van der Waals surface area contributed by atoms with Gasteiger partial charge in [-0.05, 0) is 46.0 Å². The fourth-order valence-corrected chi connectivity index (χ4v) is 3.05. The minimum absolute atomic E-state index is 0.0192. The maximum absolute atomic E-state index is 12.2. The first kappa shape index (κ1) is 16.5. The second kappa shape index (κ2) is 6.10. The quantitative estimate of drug-likeness (QED) is 0.637. The summed E-state index contributed by atoms with van der Waals surface area (Å²) >= 11 is 0. The van der Waals surface area contributed by atoms with E-state index in [1.54, 1.807) is 20.8 Å². The van der Waals surface area contributed by atoms with Crippen LogP contribution in [-0.2, 0) is 19.1 Å². The Morgan fingerprint density at radius 1 is 1.32 bits per heavy atom. The summed E-state index contributed by atoms with van der Waals surface area (Å²) in [4.78, 5) is 35.3. The van der Waals surface area contributed by atoms with E-state index in [4.69, 9.17) is 9.47 Å². The molecule has 0 heterocycles. The highest BCUT2D eigenvalue weighted by atomic mass is 16.6. The minimum atomic E-state index is -0.685. The van der Waals surface area contributed by atoms with Crippen molar-refractivity contribution in [3.63, 3.8) is 0 Å². The molecule has 0 aromatic rings. The number of allylic oxidation sites excluding steroid dienone is 1. The number of hydrogen-bond acceptors (Lipinski definition) is 5. The van der Waals surface area contributed by atoms with E-state index in [0.717, 1.165) is 12.0 Å². The van der Waals surface area contributed by atoms with Gasteiger partial charge in [-0.3, -0.25) is 9.59 Å². The van der Waals surface area contributed by atoms with E-state index in [1.807, 2.05) is 0 Å². The van der Waals surface area contributed by atoms with Gasteiger partial charge in [0.15, 0.2) is 11.9 Å². The number of carbonyl (C=O) groups is 3. The molecule has 2 rings (SSSR count). The molecule has 3 atom stereocenters. The van der Waals surface area contributed by atoms with Crippen LogP contribution >= 0.6 is 0 Å². The monoisotopic (exact) mass is 309 g/mol. The number of ether oxygens (including phenoxy) is 2. The van der Waals surface area contributed by atoms with E-state index in [9.17, 15) is 14.4 Å². The standard InChI is InChI=1S/C16H23NO5/c1-9-5-10-7-12(14(19)11(10)6-9)21-13(18)8-17-15(20)22-16(2,3)4/h10-12H,1,5-8H2,2-4H3,(H,17,20)/t10-,11-,12-/m1/s1. The number of esters is 1. The van der Waals surface area contributed by atoms with Gasteiger partial charge in [0.25, 0.3) is 0 Å². The highest BCUT2D eigenvalue weighted by Crippen LogP contribution is 2.44. The fourth-order valence-electron chi connectivity index (χ4n) is 3.05. The Morgan fingerprint density at radius 3 is 2.59 bits per heavy atom. The number of Topliss-reactive ketones (excluding diaryl/α,β-unsaturated/α-hetero) is 1. The summed E-state index contributed by atoms with van der Waals surface area (Å²) in [6.45, 7) is 8.80. The molecule has 1 N–H and O–H groups in total. The van der Waals surface area contributed by atoms with Gasteiger partial charge in [-0.15, -0.1) is 0 Å². The van der Waals surface area contributed by atoms with Gasteiger partial charge in [0, 0.05) is 5.92 Å². The van der Waals surface area contributed by atoms with Gasteiger partial charge < -0.3 is 14.8 Å². The summed E-state index contributed by atoms with van der Waals surface area (Å²) in [5.41, 5.74) is 0.467. The molecule has 2 saturated carbocycles. The fraction of sp³-hybridized carbons (Fsp3) is 0.688. The average Bonchev–Trinajstić information content (AvgIpc) is 2.84. The van der Waals surface area contributed by atoms with Crippen molar-refractivity contribution in [3.8, 4) is 0 Å². The van der Waals surface area contributed by atoms with E-state index < -0.39 is 23.8 Å². The third-order valence-electron chi connectivity index (χ3n) is 3.88. The van der Waals surface area contributed by atoms with Crippen LogP contribution in [0.3, 0.4) is 0 Å². The molecule has 122 valence electrons. The number of amides is 1. The average molecular weight is 309 g/mol. The van der Waals surface area contributed by atoms with Gasteiger partial charge >= 0.3 is 12.1 Å². The van der Waals surface area contributed by atoms with Crippen molar-refractivity contribution in [2.45, 2.75) is 51.7 Å². The summed E-state index contributed by atoms with van der Waals surface area (Å²) in [6, 6.07) is 0. The molecule has 22 heavy (non-hydrogen) atoms. The Labute approximate surface area is 130 Å². The summed E-state index contributed by atoms with van der Waals surface area (Å²) in [6.07, 6.45) is 0.723. The van der Waals surface area contributed by atoms with E-state index in [0.29, 0.717) is 12.8 Å². The highest BCUT2D eigenvalue weighted by molar-refractivity contribution is 5.91. The minimum Gasteiger partial charge on any atom is -0.453 e. The Hall–Kier alpha value is -1.85. The van der Waals surface area contributed by atoms with Gasteiger partial charge in [-0.1, -0.05) is 12.2 Å². The second-order valence-corrected chi connectivity index (χ2v) is 7.00. The van der Waals surface area contributed by atoms with Crippen LogP contribution in [0, 0.1) is 11.8 Å². The van der Waals surface area contributed by atoms with Crippen LogP contribution in [0.25, 0.3) is 0 Å². The van der Waals surface area contributed by atoms with Crippen molar-refractivity contribution in [2.75, 3.05) is 6.54 Å². The molecule has 0 spiro atoms. The predicted octanol–water partition coefficient (Wildman–Crippen LogP) is 1.98. The molecular weight excluding hydrogens is 286 g/mol. The van der Waals surface area contributed by atoms with Crippen molar-refractivity contribution in [1.29, 1.82) is 0 Å². The van der Waals surface area contributed by atoms with Crippen LogP contribution < -0.4 is 5.32 Å². The number of rotatable bonds is 3. The van der Waals surface area contributed by atoms with E-state index in [-0.39, 0.29) is 24.2 Å². The van der Waals surface area contributed by atoms with Crippen molar-refractivity contribution in [3.05, 3.63) is 12.2 Å². The molecule has 6 heteroatoms. The molecule has 1 amide bonds. The van der Waals surface area contributed by atoms with E-state index in [1.165, 1.54) is 0 Å². The van der Waals surface area contributed by atoms with Crippen LogP contribution in [0.4, 0.5) is 4.79 Å². The Kier molecular flexibility index (Phi) is 4.58. The largest absolute Gasteiger partial charge is 0.453 e. The molecule has 6 nitrogen and oxygen atoms in total. The van der Waals surface area contributed by atoms with Crippen molar-refractivity contribution >= 4 is 17.8 Å². The first-order valence-electron chi connectivity index (χ1n) is 7.52. The Bertz CT molecular complexity index is 505. The number of fused-ring (bicyclic) bond motifs is 1. The lowest BCUT2D eigenvalue weighted by Crippen LogP contribution is -2.37. The zero-order chi connectivity index (χ0) is 16.5. The molecule has 0 aromatic heterocycles.